The highest BCUT2D eigenvalue weighted by Crippen LogP contribution is 2.42. The van der Waals surface area contributed by atoms with E-state index in [4.69, 9.17) is 8.83 Å². The van der Waals surface area contributed by atoms with Crippen LogP contribution in [0, 0.1) is 0 Å². The van der Waals surface area contributed by atoms with Crippen LogP contribution in [0.15, 0.2) is 185 Å². The first-order valence-corrected chi connectivity index (χ1v) is 16.6. The Morgan fingerprint density at radius 3 is 1.49 bits per heavy atom. The summed E-state index contributed by atoms with van der Waals surface area (Å²) in [6.07, 6.45) is 0. The van der Waals surface area contributed by atoms with Gasteiger partial charge in [-0.3, -0.25) is 0 Å². The minimum atomic E-state index is 0.857. The number of nitrogens with zero attached hydrogens (tertiary/aromatic N) is 1. The average molecular weight is 628 g/mol. The normalized spacial score (nSPS) is 11.7. The van der Waals surface area contributed by atoms with Crippen LogP contribution < -0.4 is 4.90 Å². The molecule has 0 unspecified atom stereocenters. The molecule has 0 radical (unpaired) electrons. The molecule has 0 aliphatic carbocycles. The molecule has 0 N–H and O–H groups in total. The van der Waals surface area contributed by atoms with Crippen LogP contribution in [0.1, 0.15) is 0 Å². The second-order valence-corrected chi connectivity index (χ2v) is 12.5. The lowest BCUT2D eigenvalue weighted by atomic mass is 9.95. The van der Waals surface area contributed by atoms with Crippen molar-refractivity contribution in [1.82, 2.24) is 0 Å². The minimum absolute atomic E-state index is 0.857. The van der Waals surface area contributed by atoms with Crippen LogP contribution in [-0.2, 0) is 0 Å². The fourth-order valence-electron chi connectivity index (χ4n) is 7.29. The first kappa shape index (κ1) is 27.5. The molecule has 230 valence electrons. The van der Waals surface area contributed by atoms with Gasteiger partial charge in [0.2, 0.25) is 0 Å². The lowest BCUT2D eigenvalue weighted by molar-refractivity contribution is 0.669. The van der Waals surface area contributed by atoms with E-state index in [1.165, 1.54) is 33.0 Å². The summed E-state index contributed by atoms with van der Waals surface area (Å²) < 4.78 is 12.7. The van der Waals surface area contributed by atoms with Crippen LogP contribution in [0.2, 0.25) is 0 Å². The predicted octanol–water partition coefficient (Wildman–Crippen LogP) is 13.4. The van der Waals surface area contributed by atoms with Gasteiger partial charge in [0.25, 0.3) is 0 Å². The molecule has 0 saturated heterocycles. The van der Waals surface area contributed by atoms with Gasteiger partial charge in [-0.25, -0.2) is 0 Å². The second-order valence-electron chi connectivity index (χ2n) is 12.5. The topological polar surface area (TPSA) is 29.5 Å². The van der Waals surface area contributed by atoms with Crippen LogP contribution in [0.25, 0.3) is 76.9 Å². The maximum atomic E-state index is 6.33. The van der Waals surface area contributed by atoms with Crippen molar-refractivity contribution in [2.75, 3.05) is 4.90 Å². The molecule has 10 aromatic rings. The van der Waals surface area contributed by atoms with Crippen molar-refractivity contribution in [3.8, 4) is 22.3 Å². The summed E-state index contributed by atoms with van der Waals surface area (Å²) in [6.45, 7) is 0. The van der Waals surface area contributed by atoms with Crippen LogP contribution in [0.3, 0.4) is 0 Å². The number of para-hydroxylation sites is 2. The fourth-order valence-corrected chi connectivity index (χ4v) is 7.29. The molecule has 3 nitrogen and oxygen atoms in total. The van der Waals surface area contributed by atoms with E-state index < -0.39 is 0 Å². The van der Waals surface area contributed by atoms with E-state index in [1.807, 2.05) is 24.3 Å². The maximum Gasteiger partial charge on any atom is 0.137 e. The van der Waals surface area contributed by atoms with Crippen molar-refractivity contribution in [3.05, 3.63) is 176 Å². The Bertz CT molecular complexity index is 2710. The van der Waals surface area contributed by atoms with Crippen molar-refractivity contribution >= 4 is 71.7 Å². The van der Waals surface area contributed by atoms with E-state index in [0.717, 1.165) is 60.9 Å². The molecule has 2 heterocycles. The van der Waals surface area contributed by atoms with Crippen molar-refractivity contribution < 1.29 is 8.83 Å². The fraction of sp³-hybridized carbons (Fsp3) is 0. The highest BCUT2D eigenvalue weighted by atomic mass is 16.3. The van der Waals surface area contributed by atoms with Gasteiger partial charge in [-0.1, -0.05) is 109 Å². The van der Waals surface area contributed by atoms with E-state index in [0.29, 0.717) is 0 Å². The van der Waals surface area contributed by atoms with Gasteiger partial charge in [0, 0.05) is 50.7 Å². The SMILES string of the molecule is c1ccc(-c2ccc3c(-c4ccc(N(c5ccc6c(c5)oc5ccccc56)c5ccc6c(c5)oc5ccccc56)cc4)cccc3c2)cc1. The summed E-state index contributed by atoms with van der Waals surface area (Å²) >= 11 is 0. The van der Waals surface area contributed by atoms with Gasteiger partial charge in [-0.2, -0.15) is 0 Å². The van der Waals surface area contributed by atoms with Crippen LogP contribution >= 0.6 is 0 Å². The summed E-state index contributed by atoms with van der Waals surface area (Å²) in [5.41, 5.74) is 11.4. The quantitative estimate of drug-likeness (QED) is 0.190. The second kappa shape index (κ2) is 11.0. The monoisotopic (exact) mass is 627 g/mol. The Morgan fingerprint density at radius 1 is 0.306 bits per heavy atom. The van der Waals surface area contributed by atoms with Crippen molar-refractivity contribution in [2.45, 2.75) is 0 Å². The molecule has 0 spiro atoms. The Morgan fingerprint density at radius 2 is 0.837 bits per heavy atom. The first-order chi connectivity index (χ1) is 24.3. The lowest BCUT2D eigenvalue weighted by Gasteiger charge is -2.25. The molecule has 0 fully saturated rings. The number of anilines is 3. The Hall–Kier alpha value is -6.58. The summed E-state index contributed by atoms with van der Waals surface area (Å²) in [5.74, 6) is 0. The first-order valence-electron chi connectivity index (χ1n) is 16.6. The number of fused-ring (bicyclic) bond motifs is 7. The molecule has 2 aromatic heterocycles. The van der Waals surface area contributed by atoms with Crippen molar-refractivity contribution in [2.24, 2.45) is 0 Å². The zero-order chi connectivity index (χ0) is 32.3. The Kier molecular flexibility index (Phi) is 6.18. The molecule has 8 aromatic carbocycles. The van der Waals surface area contributed by atoms with Gasteiger partial charge in [0.05, 0.1) is 0 Å². The maximum absolute atomic E-state index is 6.33. The Labute approximate surface area is 282 Å². The third-order valence-electron chi connectivity index (χ3n) is 9.67. The van der Waals surface area contributed by atoms with Gasteiger partial charge in [-0.05, 0) is 87.6 Å². The molecular formula is C46H29NO2. The zero-order valence-electron chi connectivity index (χ0n) is 26.5. The highest BCUT2D eigenvalue weighted by molar-refractivity contribution is 6.08. The number of hydrogen-bond donors (Lipinski definition) is 0. The molecule has 0 aliphatic rings. The Balaban J connectivity index is 1.09. The molecular weight excluding hydrogens is 599 g/mol. The van der Waals surface area contributed by atoms with E-state index in [2.05, 4.69) is 157 Å². The van der Waals surface area contributed by atoms with E-state index in [1.54, 1.807) is 0 Å². The predicted molar refractivity (Wildman–Crippen MR) is 204 cm³/mol. The molecule has 0 saturated carbocycles. The van der Waals surface area contributed by atoms with Gasteiger partial charge >= 0.3 is 0 Å². The van der Waals surface area contributed by atoms with E-state index >= 15 is 0 Å². The van der Waals surface area contributed by atoms with Gasteiger partial charge in [0.15, 0.2) is 0 Å². The molecule has 10 rings (SSSR count). The molecule has 49 heavy (non-hydrogen) atoms. The van der Waals surface area contributed by atoms with Gasteiger partial charge in [-0.15, -0.1) is 0 Å². The molecule has 0 atom stereocenters. The summed E-state index contributed by atoms with van der Waals surface area (Å²) in [5, 5.41) is 6.91. The number of furan rings is 2. The van der Waals surface area contributed by atoms with Crippen LogP contribution in [0.5, 0.6) is 0 Å². The van der Waals surface area contributed by atoms with Gasteiger partial charge in [0.1, 0.15) is 22.3 Å². The number of rotatable bonds is 5. The van der Waals surface area contributed by atoms with Crippen molar-refractivity contribution in [3.63, 3.8) is 0 Å². The third kappa shape index (κ3) is 4.59. The largest absolute Gasteiger partial charge is 0.456 e. The van der Waals surface area contributed by atoms with E-state index in [9.17, 15) is 0 Å². The van der Waals surface area contributed by atoms with E-state index in [-0.39, 0.29) is 0 Å². The summed E-state index contributed by atoms with van der Waals surface area (Å²) in [6, 6.07) is 62.1. The lowest BCUT2D eigenvalue weighted by Crippen LogP contribution is -2.09. The molecule has 0 bridgehead atoms. The van der Waals surface area contributed by atoms with Crippen molar-refractivity contribution in [1.29, 1.82) is 0 Å². The molecule has 0 aliphatic heterocycles. The minimum Gasteiger partial charge on any atom is -0.456 e. The standard InChI is InChI=1S/C46H29NO2/c1-2-9-30(10-3-1)32-19-24-38-33(27-32)11-8-14-37(38)31-17-20-34(21-18-31)47(35-22-25-41-39-12-4-6-15-43(39)48-45(41)28-35)36-23-26-42-40-13-5-7-16-44(40)49-46(42)29-36/h1-29H. The number of hydrogen-bond acceptors (Lipinski definition) is 3. The molecule has 3 heteroatoms. The average Bonchev–Trinajstić information content (AvgIpc) is 3.73. The third-order valence-corrected chi connectivity index (χ3v) is 9.67. The summed E-state index contributed by atoms with van der Waals surface area (Å²) in [7, 11) is 0. The summed E-state index contributed by atoms with van der Waals surface area (Å²) in [4.78, 5) is 2.28. The molecule has 0 amide bonds. The highest BCUT2D eigenvalue weighted by Gasteiger charge is 2.18. The van der Waals surface area contributed by atoms with Crippen LogP contribution in [0.4, 0.5) is 17.1 Å². The smallest absolute Gasteiger partial charge is 0.137 e. The van der Waals surface area contributed by atoms with Gasteiger partial charge < -0.3 is 13.7 Å². The zero-order valence-corrected chi connectivity index (χ0v) is 26.5. The van der Waals surface area contributed by atoms with Crippen LogP contribution in [-0.4, -0.2) is 0 Å². The number of benzene rings is 8.